The third-order valence-electron chi connectivity index (χ3n) is 5.20. The molecule has 2 heterocycles. The molecule has 4 N–H and O–H groups in total. The summed E-state index contributed by atoms with van der Waals surface area (Å²) in [6.45, 7) is 0.365. The monoisotopic (exact) mass is 488 g/mol. The first kappa shape index (κ1) is 23.7. The number of thiophene rings is 1. The molecule has 0 radical (unpaired) electrons. The van der Waals surface area contributed by atoms with Gasteiger partial charge in [0.05, 0.1) is 16.3 Å². The molecule has 2 aromatic heterocycles. The molecule has 2 amide bonds. The number of rotatable bonds is 8. The van der Waals surface area contributed by atoms with Crippen molar-refractivity contribution in [3.05, 3.63) is 93.6 Å². The van der Waals surface area contributed by atoms with Gasteiger partial charge in [0.25, 0.3) is 11.8 Å². The predicted molar refractivity (Wildman–Crippen MR) is 132 cm³/mol. The summed E-state index contributed by atoms with van der Waals surface area (Å²) >= 11 is 1.35. The Bertz CT molecular complexity index is 1370. The number of benzene rings is 2. The van der Waals surface area contributed by atoms with Crippen molar-refractivity contribution in [2.45, 2.75) is 12.8 Å². The quantitative estimate of drug-likeness (QED) is 0.321. The van der Waals surface area contributed by atoms with E-state index in [-0.39, 0.29) is 29.0 Å². The number of aromatic nitrogens is 2. The van der Waals surface area contributed by atoms with Gasteiger partial charge in [-0.3, -0.25) is 9.59 Å². The maximum Gasteiger partial charge on any atom is 0.265 e. The number of carbonyl (C=O) groups excluding carboxylic acids is 2. The van der Waals surface area contributed by atoms with Crippen molar-refractivity contribution >= 4 is 34.7 Å². The molecule has 176 valence electrons. The standard InChI is InChI=1S/C25H21FN6O2S/c26-17-7-11-19(12-8-17)32-23(28)20(15-27)21(31-32)3-1-13-29-24(33)16-5-9-18(10-6-16)30-25(34)22-4-2-14-35-22/h2,4-12,14H,1,3,13,28H2,(H,29,33)(H,30,34). The Morgan fingerprint density at radius 1 is 1.09 bits per heavy atom. The van der Waals surface area contributed by atoms with E-state index in [0.717, 1.165) is 0 Å². The lowest BCUT2D eigenvalue weighted by molar-refractivity contribution is 0.0952. The molecule has 0 aliphatic rings. The van der Waals surface area contributed by atoms with Crippen LogP contribution >= 0.6 is 11.3 Å². The highest BCUT2D eigenvalue weighted by Gasteiger charge is 2.16. The van der Waals surface area contributed by atoms with E-state index in [1.54, 1.807) is 36.4 Å². The molecule has 0 aliphatic heterocycles. The highest BCUT2D eigenvalue weighted by molar-refractivity contribution is 7.12. The van der Waals surface area contributed by atoms with Gasteiger partial charge in [-0.15, -0.1) is 11.3 Å². The molecule has 0 atom stereocenters. The molecule has 0 unspecified atom stereocenters. The molecule has 2 aromatic carbocycles. The van der Waals surface area contributed by atoms with E-state index in [9.17, 15) is 19.2 Å². The summed E-state index contributed by atoms with van der Waals surface area (Å²) in [7, 11) is 0. The van der Waals surface area contributed by atoms with Gasteiger partial charge in [-0.1, -0.05) is 6.07 Å². The van der Waals surface area contributed by atoms with Crippen LogP contribution in [0.3, 0.4) is 0 Å². The summed E-state index contributed by atoms with van der Waals surface area (Å²) < 4.78 is 14.6. The van der Waals surface area contributed by atoms with Crippen molar-refractivity contribution in [3.63, 3.8) is 0 Å². The zero-order chi connectivity index (χ0) is 24.8. The van der Waals surface area contributed by atoms with Crippen LogP contribution in [0.2, 0.25) is 0 Å². The number of hydrogen-bond donors (Lipinski definition) is 3. The Morgan fingerprint density at radius 2 is 1.83 bits per heavy atom. The lowest BCUT2D eigenvalue weighted by Gasteiger charge is -2.07. The van der Waals surface area contributed by atoms with Crippen LogP contribution in [-0.4, -0.2) is 28.1 Å². The van der Waals surface area contributed by atoms with Gasteiger partial charge in [-0.25, -0.2) is 9.07 Å². The Morgan fingerprint density at radius 3 is 2.49 bits per heavy atom. The summed E-state index contributed by atoms with van der Waals surface area (Å²) in [5, 5.41) is 21.3. The number of nitrogens with one attached hydrogen (secondary N) is 2. The Balaban J connectivity index is 1.30. The summed E-state index contributed by atoms with van der Waals surface area (Å²) in [5.74, 6) is -0.646. The third-order valence-corrected chi connectivity index (χ3v) is 6.07. The molecule has 10 heteroatoms. The van der Waals surface area contributed by atoms with Crippen LogP contribution in [-0.2, 0) is 6.42 Å². The Labute approximate surface area is 204 Å². The van der Waals surface area contributed by atoms with Gasteiger partial charge in [-0.2, -0.15) is 10.4 Å². The van der Waals surface area contributed by atoms with E-state index in [4.69, 9.17) is 5.73 Å². The zero-order valence-electron chi connectivity index (χ0n) is 18.5. The summed E-state index contributed by atoms with van der Waals surface area (Å²) in [6, 6.07) is 17.9. The normalized spacial score (nSPS) is 10.5. The topological polar surface area (TPSA) is 126 Å². The number of nitrogen functional groups attached to an aromatic ring is 1. The van der Waals surface area contributed by atoms with Gasteiger partial charge in [0.15, 0.2) is 0 Å². The number of anilines is 2. The highest BCUT2D eigenvalue weighted by atomic mass is 32.1. The lowest BCUT2D eigenvalue weighted by atomic mass is 10.1. The van der Waals surface area contributed by atoms with E-state index < -0.39 is 0 Å². The SMILES string of the molecule is N#Cc1c(CCCNC(=O)c2ccc(NC(=O)c3cccs3)cc2)nn(-c2ccc(F)cc2)c1N. The van der Waals surface area contributed by atoms with E-state index in [1.165, 1.54) is 40.3 Å². The fourth-order valence-corrected chi connectivity index (χ4v) is 4.04. The molecule has 8 nitrogen and oxygen atoms in total. The first-order valence-electron chi connectivity index (χ1n) is 10.7. The summed E-state index contributed by atoms with van der Waals surface area (Å²) in [6.07, 6.45) is 0.963. The molecule has 0 aliphatic carbocycles. The van der Waals surface area contributed by atoms with Crippen molar-refractivity contribution in [1.29, 1.82) is 5.26 Å². The molecule has 0 saturated heterocycles. The van der Waals surface area contributed by atoms with Gasteiger partial charge in [0.2, 0.25) is 0 Å². The first-order chi connectivity index (χ1) is 17.0. The van der Waals surface area contributed by atoms with Crippen LogP contribution in [0.1, 0.15) is 37.7 Å². The number of nitriles is 1. The number of halogens is 1. The molecule has 0 fully saturated rings. The van der Waals surface area contributed by atoms with Gasteiger partial charge in [0.1, 0.15) is 23.3 Å². The molecule has 0 saturated carbocycles. The minimum absolute atomic E-state index is 0.185. The van der Waals surface area contributed by atoms with Crippen LogP contribution in [0.4, 0.5) is 15.9 Å². The van der Waals surface area contributed by atoms with Gasteiger partial charge in [0, 0.05) is 17.8 Å². The molecular formula is C25H21FN6O2S. The predicted octanol–water partition coefficient (Wildman–Crippen LogP) is 4.14. The number of aryl methyl sites for hydroxylation is 1. The Hall–Kier alpha value is -4.49. The second-order valence-electron chi connectivity index (χ2n) is 7.58. The third kappa shape index (κ3) is 5.54. The van der Waals surface area contributed by atoms with Gasteiger partial charge in [-0.05, 0) is 72.8 Å². The highest BCUT2D eigenvalue weighted by Crippen LogP contribution is 2.22. The second kappa shape index (κ2) is 10.6. The van der Waals surface area contributed by atoms with Crippen molar-refractivity contribution in [1.82, 2.24) is 15.1 Å². The minimum atomic E-state index is -0.381. The molecule has 4 rings (SSSR count). The van der Waals surface area contributed by atoms with Crippen LogP contribution in [0.25, 0.3) is 5.69 Å². The van der Waals surface area contributed by atoms with Crippen molar-refractivity contribution in [2.75, 3.05) is 17.6 Å². The van der Waals surface area contributed by atoms with Crippen LogP contribution in [0.5, 0.6) is 0 Å². The lowest BCUT2D eigenvalue weighted by Crippen LogP contribution is -2.24. The van der Waals surface area contributed by atoms with Crippen molar-refractivity contribution in [3.8, 4) is 11.8 Å². The van der Waals surface area contributed by atoms with Crippen molar-refractivity contribution in [2.24, 2.45) is 0 Å². The molecule has 0 spiro atoms. The summed E-state index contributed by atoms with van der Waals surface area (Å²) in [5.41, 5.74) is 8.45. The molecule has 0 bridgehead atoms. The fourth-order valence-electron chi connectivity index (χ4n) is 3.42. The number of nitrogens with zero attached hydrogens (tertiary/aromatic N) is 3. The average Bonchev–Trinajstić information content (AvgIpc) is 3.51. The van der Waals surface area contributed by atoms with Crippen LogP contribution in [0.15, 0.2) is 66.0 Å². The van der Waals surface area contributed by atoms with Crippen molar-refractivity contribution < 1.29 is 14.0 Å². The van der Waals surface area contributed by atoms with Gasteiger partial charge >= 0.3 is 0 Å². The van der Waals surface area contributed by atoms with E-state index in [0.29, 0.717) is 46.9 Å². The molecule has 35 heavy (non-hydrogen) atoms. The minimum Gasteiger partial charge on any atom is -0.382 e. The van der Waals surface area contributed by atoms with Gasteiger partial charge < -0.3 is 16.4 Å². The largest absolute Gasteiger partial charge is 0.382 e. The Kier molecular flexibility index (Phi) is 7.18. The summed E-state index contributed by atoms with van der Waals surface area (Å²) in [4.78, 5) is 25.2. The first-order valence-corrected chi connectivity index (χ1v) is 11.6. The molecule has 4 aromatic rings. The molecular weight excluding hydrogens is 467 g/mol. The number of amides is 2. The fraction of sp³-hybridized carbons (Fsp3) is 0.120. The van der Waals surface area contributed by atoms with Crippen LogP contribution < -0.4 is 16.4 Å². The maximum absolute atomic E-state index is 13.2. The average molecular weight is 489 g/mol. The number of carbonyl (C=O) groups is 2. The van der Waals surface area contributed by atoms with E-state index >= 15 is 0 Å². The number of nitrogens with two attached hydrogens (primary N) is 1. The smallest absolute Gasteiger partial charge is 0.265 e. The second-order valence-corrected chi connectivity index (χ2v) is 8.52. The number of hydrogen-bond acceptors (Lipinski definition) is 6. The van der Waals surface area contributed by atoms with Crippen LogP contribution in [0, 0.1) is 17.1 Å². The maximum atomic E-state index is 13.2. The van der Waals surface area contributed by atoms with E-state index in [2.05, 4.69) is 21.8 Å². The van der Waals surface area contributed by atoms with E-state index in [1.807, 2.05) is 5.38 Å². The zero-order valence-corrected chi connectivity index (χ0v) is 19.3.